The molecule has 0 saturated carbocycles. The van der Waals surface area contributed by atoms with E-state index in [2.05, 4.69) is 22.5 Å². The van der Waals surface area contributed by atoms with Gasteiger partial charge in [-0.15, -0.1) is 0 Å². The maximum atomic E-state index is 12.0. The van der Waals surface area contributed by atoms with Crippen LogP contribution in [0.1, 0.15) is 32.3 Å². The monoisotopic (exact) mass is 309 g/mol. The van der Waals surface area contributed by atoms with Gasteiger partial charge in [-0.05, 0) is 18.9 Å². The zero-order chi connectivity index (χ0) is 15.3. The number of hydrogen-bond acceptors (Lipinski definition) is 2. The highest BCUT2D eigenvalue weighted by Gasteiger charge is 2.02. The number of nitrogens with one attached hydrogen (secondary N) is 2. The molecule has 0 heterocycles. The number of guanidine groups is 1. The van der Waals surface area contributed by atoms with Gasteiger partial charge in [0.1, 0.15) is 0 Å². The summed E-state index contributed by atoms with van der Waals surface area (Å²) in [5.41, 5.74) is 1.12. The van der Waals surface area contributed by atoms with Gasteiger partial charge in [-0.1, -0.05) is 43.7 Å². The smallest absolute Gasteiger partial charge is 0.191 e. The molecule has 0 spiro atoms. The first-order valence-electron chi connectivity index (χ1n) is 7.67. The topological polar surface area (TPSA) is 53.5 Å². The molecule has 21 heavy (non-hydrogen) atoms. The SMILES string of the molecule is CCCCN=C(NCC)NCCS(=O)Cc1ccccc1. The van der Waals surface area contributed by atoms with Crippen LogP contribution in [0.4, 0.5) is 0 Å². The van der Waals surface area contributed by atoms with Crippen molar-refractivity contribution in [1.29, 1.82) is 0 Å². The minimum atomic E-state index is -0.844. The van der Waals surface area contributed by atoms with Gasteiger partial charge in [-0.25, -0.2) is 0 Å². The summed E-state index contributed by atoms with van der Waals surface area (Å²) in [5, 5.41) is 6.45. The Morgan fingerprint density at radius 1 is 1.19 bits per heavy atom. The molecule has 1 rings (SSSR count). The summed E-state index contributed by atoms with van der Waals surface area (Å²) in [4.78, 5) is 4.48. The minimum Gasteiger partial charge on any atom is -0.357 e. The first-order valence-corrected chi connectivity index (χ1v) is 9.16. The van der Waals surface area contributed by atoms with Crippen LogP contribution in [0.2, 0.25) is 0 Å². The first kappa shape index (κ1) is 17.7. The minimum absolute atomic E-state index is 0.617. The van der Waals surface area contributed by atoms with Crippen molar-refractivity contribution < 1.29 is 4.21 Å². The molecule has 4 nitrogen and oxygen atoms in total. The molecule has 5 heteroatoms. The van der Waals surface area contributed by atoms with Gasteiger partial charge in [0.2, 0.25) is 0 Å². The highest BCUT2D eigenvalue weighted by atomic mass is 32.2. The average Bonchev–Trinajstić information content (AvgIpc) is 2.48. The Morgan fingerprint density at radius 3 is 2.62 bits per heavy atom. The van der Waals surface area contributed by atoms with Crippen molar-refractivity contribution in [3.8, 4) is 0 Å². The normalized spacial score (nSPS) is 13.0. The van der Waals surface area contributed by atoms with Gasteiger partial charge in [0, 0.05) is 41.9 Å². The zero-order valence-corrected chi connectivity index (χ0v) is 13.9. The number of hydrogen-bond donors (Lipinski definition) is 2. The van der Waals surface area contributed by atoms with Gasteiger partial charge in [0.15, 0.2) is 5.96 Å². The van der Waals surface area contributed by atoms with Crippen molar-refractivity contribution in [2.75, 3.05) is 25.4 Å². The van der Waals surface area contributed by atoms with E-state index in [4.69, 9.17) is 0 Å². The molecule has 1 aromatic carbocycles. The molecular formula is C16H27N3OS. The third-order valence-electron chi connectivity index (χ3n) is 2.92. The predicted octanol–water partition coefficient (Wildman–Crippen LogP) is 2.29. The maximum absolute atomic E-state index is 12.0. The lowest BCUT2D eigenvalue weighted by atomic mass is 10.2. The fourth-order valence-electron chi connectivity index (χ4n) is 1.81. The Bertz CT molecular complexity index is 434. The van der Waals surface area contributed by atoms with Crippen molar-refractivity contribution in [3.63, 3.8) is 0 Å². The fourth-order valence-corrected chi connectivity index (χ4v) is 2.84. The second-order valence-corrected chi connectivity index (χ2v) is 6.39. The molecule has 0 aliphatic rings. The van der Waals surface area contributed by atoms with Crippen LogP contribution in [-0.2, 0) is 16.6 Å². The second kappa shape index (κ2) is 11.3. The van der Waals surface area contributed by atoms with E-state index in [0.717, 1.165) is 37.5 Å². The van der Waals surface area contributed by atoms with Crippen LogP contribution in [0.3, 0.4) is 0 Å². The van der Waals surface area contributed by atoms with Crippen LogP contribution in [0.5, 0.6) is 0 Å². The number of rotatable bonds is 9. The molecule has 1 aromatic rings. The summed E-state index contributed by atoms with van der Waals surface area (Å²) in [6.07, 6.45) is 2.24. The largest absolute Gasteiger partial charge is 0.357 e. The molecule has 0 bridgehead atoms. The predicted molar refractivity (Wildman–Crippen MR) is 92.0 cm³/mol. The van der Waals surface area contributed by atoms with Crippen molar-refractivity contribution in [2.24, 2.45) is 4.99 Å². The van der Waals surface area contributed by atoms with Crippen LogP contribution in [0.25, 0.3) is 0 Å². The standard InChI is InChI=1S/C16H27N3OS/c1-3-5-11-18-16(17-4-2)19-12-13-21(20)14-15-9-7-6-8-10-15/h6-10H,3-5,11-14H2,1-2H3,(H2,17,18,19). The Hall–Kier alpha value is -1.36. The molecule has 1 unspecified atom stereocenters. The molecule has 0 aliphatic heterocycles. The lowest BCUT2D eigenvalue weighted by molar-refractivity contribution is 0.680. The van der Waals surface area contributed by atoms with Gasteiger partial charge >= 0.3 is 0 Å². The number of nitrogens with zero attached hydrogens (tertiary/aromatic N) is 1. The van der Waals surface area contributed by atoms with Crippen molar-refractivity contribution in [3.05, 3.63) is 35.9 Å². The van der Waals surface area contributed by atoms with E-state index in [0.29, 0.717) is 18.1 Å². The number of benzene rings is 1. The van der Waals surface area contributed by atoms with E-state index in [1.807, 2.05) is 37.3 Å². The molecule has 0 aliphatic carbocycles. The van der Waals surface area contributed by atoms with Crippen molar-refractivity contribution >= 4 is 16.8 Å². The highest BCUT2D eigenvalue weighted by Crippen LogP contribution is 2.02. The van der Waals surface area contributed by atoms with E-state index in [1.54, 1.807) is 0 Å². The van der Waals surface area contributed by atoms with Crippen LogP contribution < -0.4 is 10.6 Å². The maximum Gasteiger partial charge on any atom is 0.191 e. The molecule has 1 atom stereocenters. The van der Waals surface area contributed by atoms with Gasteiger partial charge in [-0.2, -0.15) is 0 Å². The van der Waals surface area contributed by atoms with E-state index < -0.39 is 10.8 Å². The first-order chi connectivity index (χ1) is 10.3. The molecule has 0 aromatic heterocycles. The Labute approximate surface area is 130 Å². The van der Waals surface area contributed by atoms with E-state index in [-0.39, 0.29) is 0 Å². The van der Waals surface area contributed by atoms with Crippen LogP contribution in [0, 0.1) is 0 Å². The number of aliphatic imine (C=N–C) groups is 1. The quantitative estimate of drug-likeness (QED) is 0.418. The average molecular weight is 309 g/mol. The molecule has 0 radical (unpaired) electrons. The summed E-state index contributed by atoms with van der Waals surface area (Å²) in [6, 6.07) is 9.97. The molecule has 0 amide bonds. The third kappa shape index (κ3) is 8.50. The summed E-state index contributed by atoms with van der Waals surface area (Å²) in [5.74, 6) is 2.07. The van der Waals surface area contributed by atoms with Crippen molar-refractivity contribution in [2.45, 2.75) is 32.4 Å². The zero-order valence-electron chi connectivity index (χ0n) is 13.1. The van der Waals surface area contributed by atoms with Crippen LogP contribution in [0.15, 0.2) is 35.3 Å². The van der Waals surface area contributed by atoms with Gasteiger partial charge in [0.05, 0.1) is 0 Å². The Balaban J connectivity index is 2.29. The summed E-state index contributed by atoms with van der Waals surface area (Å²) in [6.45, 7) is 6.55. The van der Waals surface area contributed by atoms with E-state index in [1.165, 1.54) is 0 Å². The lowest BCUT2D eigenvalue weighted by Gasteiger charge is -2.11. The fraction of sp³-hybridized carbons (Fsp3) is 0.562. The van der Waals surface area contributed by atoms with E-state index in [9.17, 15) is 4.21 Å². The number of unbranched alkanes of at least 4 members (excludes halogenated alkanes) is 1. The molecular weight excluding hydrogens is 282 g/mol. The Morgan fingerprint density at radius 2 is 1.95 bits per heavy atom. The highest BCUT2D eigenvalue weighted by molar-refractivity contribution is 7.84. The lowest BCUT2D eigenvalue weighted by Crippen LogP contribution is -2.39. The van der Waals surface area contributed by atoms with Crippen LogP contribution >= 0.6 is 0 Å². The molecule has 0 fully saturated rings. The summed E-state index contributed by atoms with van der Waals surface area (Å²) < 4.78 is 12.0. The second-order valence-electron chi connectivity index (χ2n) is 4.81. The summed E-state index contributed by atoms with van der Waals surface area (Å²) in [7, 11) is -0.844. The summed E-state index contributed by atoms with van der Waals surface area (Å²) >= 11 is 0. The molecule has 118 valence electrons. The van der Waals surface area contributed by atoms with Crippen LogP contribution in [-0.4, -0.2) is 35.6 Å². The van der Waals surface area contributed by atoms with Gasteiger partial charge < -0.3 is 10.6 Å². The van der Waals surface area contributed by atoms with Gasteiger partial charge in [-0.3, -0.25) is 9.20 Å². The van der Waals surface area contributed by atoms with E-state index >= 15 is 0 Å². The van der Waals surface area contributed by atoms with Crippen molar-refractivity contribution in [1.82, 2.24) is 10.6 Å². The van der Waals surface area contributed by atoms with Gasteiger partial charge in [0.25, 0.3) is 0 Å². The third-order valence-corrected chi connectivity index (χ3v) is 4.23. The molecule has 0 saturated heterocycles. The molecule has 2 N–H and O–H groups in total. The Kier molecular flexibility index (Phi) is 9.53.